The summed E-state index contributed by atoms with van der Waals surface area (Å²) >= 11 is 1.51. The summed E-state index contributed by atoms with van der Waals surface area (Å²) in [6, 6.07) is 26.4. The molecule has 9 heteroatoms. The van der Waals surface area contributed by atoms with Gasteiger partial charge in [0.2, 0.25) is 0 Å². The molecule has 0 amide bonds. The zero-order valence-electron chi connectivity index (χ0n) is 26.1. The van der Waals surface area contributed by atoms with Crippen molar-refractivity contribution in [2.45, 2.75) is 82.2 Å². The Balaban J connectivity index is 1.12. The van der Waals surface area contributed by atoms with Crippen molar-refractivity contribution in [3.8, 4) is 39.5 Å². The van der Waals surface area contributed by atoms with E-state index in [1.165, 1.54) is 24.2 Å². The average Bonchev–Trinajstić information content (AvgIpc) is 3.79. The number of ether oxygens (including phenoxy) is 4. The van der Waals surface area contributed by atoms with Crippen LogP contribution in [0.1, 0.15) is 69.1 Å². The second kappa shape index (κ2) is 11.8. The number of aliphatic carboxylic acids is 1. The number of fused-ring (bicyclic) bond motifs is 2. The van der Waals surface area contributed by atoms with Crippen LogP contribution >= 0.6 is 11.3 Å². The highest BCUT2D eigenvalue weighted by Crippen LogP contribution is 2.51. The summed E-state index contributed by atoms with van der Waals surface area (Å²) in [5, 5.41) is 18.5. The molecule has 47 heavy (non-hydrogen) atoms. The van der Waals surface area contributed by atoms with Gasteiger partial charge in [-0.2, -0.15) is 5.26 Å². The smallest absolute Gasteiger partial charge is 0.321 e. The molecule has 2 spiro atoms. The highest BCUT2D eigenvalue weighted by Gasteiger charge is 2.44. The van der Waals surface area contributed by atoms with Crippen molar-refractivity contribution in [2.24, 2.45) is 5.92 Å². The van der Waals surface area contributed by atoms with Gasteiger partial charge in [0.1, 0.15) is 5.92 Å². The fraction of sp³-hybridized carbons (Fsp3) is 0.368. The van der Waals surface area contributed by atoms with Gasteiger partial charge in [-0.15, -0.1) is 11.3 Å². The van der Waals surface area contributed by atoms with E-state index in [4.69, 9.17) is 18.9 Å². The van der Waals surface area contributed by atoms with Gasteiger partial charge in [0.25, 0.3) is 11.6 Å². The molecule has 1 unspecified atom stereocenters. The van der Waals surface area contributed by atoms with Crippen molar-refractivity contribution < 1.29 is 28.8 Å². The highest BCUT2D eigenvalue weighted by molar-refractivity contribution is 7.15. The van der Waals surface area contributed by atoms with Gasteiger partial charge in [-0.25, -0.2) is 0 Å². The molecule has 2 aliphatic heterocycles. The van der Waals surface area contributed by atoms with Crippen LogP contribution in [-0.4, -0.2) is 22.7 Å². The second-order valence-electron chi connectivity index (χ2n) is 13.0. The lowest BCUT2D eigenvalue weighted by atomic mass is 9.94. The van der Waals surface area contributed by atoms with Crippen LogP contribution in [-0.2, 0) is 11.2 Å². The largest absolute Gasteiger partial charge is 0.480 e. The number of carboxylic acids is 1. The number of nitriles is 1. The Labute approximate surface area is 278 Å². The van der Waals surface area contributed by atoms with E-state index in [1.807, 2.05) is 30.3 Å². The Morgan fingerprint density at radius 1 is 0.723 bits per heavy atom. The topological polar surface area (TPSA) is 101 Å². The summed E-state index contributed by atoms with van der Waals surface area (Å²) < 4.78 is 25.8. The van der Waals surface area contributed by atoms with Crippen molar-refractivity contribution >= 4 is 34.4 Å². The first kappa shape index (κ1) is 29.7. The first-order chi connectivity index (χ1) is 22.9. The quantitative estimate of drug-likeness (QED) is 0.211. The number of rotatable bonds is 7. The molecule has 0 saturated heterocycles. The maximum absolute atomic E-state index is 11.4. The fourth-order valence-electron chi connectivity index (χ4n) is 7.29. The van der Waals surface area contributed by atoms with Gasteiger partial charge in [0.15, 0.2) is 23.0 Å². The number of carboxylic acid groups (broad SMARTS) is 1. The molecule has 240 valence electrons. The number of anilines is 3. The van der Waals surface area contributed by atoms with Crippen LogP contribution in [0.4, 0.5) is 17.1 Å². The van der Waals surface area contributed by atoms with Gasteiger partial charge < -0.3 is 29.0 Å². The molecule has 2 saturated carbocycles. The number of thiophene rings is 1. The number of nitrogens with zero attached hydrogens (tertiary/aromatic N) is 2. The van der Waals surface area contributed by atoms with Crippen LogP contribution in [0.3, 0.4) is 0 Å². The van der Waals surface area contributed by atoms with Gasteiger partial charge in [0.05, 0.1) is 17.4 Å². The minimum absolute atomic E-state index is 0.194. The molecule has 2 aliphatic carbocycles. The van der Waals surface area contributed by atoms with Gasteiger partial charge >= 0.3 is 5.97 Å². The number of hydrogen-bond donors (Lipinski definition) is 1. The molecule has 3 heterocycles. The maximum Gasteiger partial charge on any atom is 0.321 e. The van der Waals surface area contributed by atoms with E-state index in [2.05, 4.69) is 53.4 Å². The standard InChI is InChI=1S/C38H36N2O6S/c39-24-26(36(41)42)21-30-13-16-35(47-30)25-7-9-27(10-8-25)40(28-11-14-31-33(22-28)45-37(43-31)17-3-1-4-18-37)29-12-15-32-34(23-29)46-38(44-32)19-5-2-6-20-38/h7-16,22-23,26H,1-6,17-21H2,(H,41,42). The average molecular weight is 649 g/mol. The zero-order valence-corrected chi connectivity index (χ0v) is 26.9. The highest BCUT2D eigenvalue weighted by atomic mass is 32.1. The predicted octanol–water partition coefficient (Wildman–Crippen LogP) is 9.51. The van der Waals surface area contributed by atoms with E-state index in [0.717, 1.165) is 107 Å². The maximum atomic E-state index is 11.4. The molecular formula is C38H36N2O6S. The third-order valence-electron chi connectivity index (χ3n) is 9.72. The Hall–Kier alpha value is -4.68. The summed E-state index contributed by atoms with van der Waals surface area (Å²) in [5.74, 6) is -0.181. The lowest BCUT2D eigenvalue weighted by Crippen LogP contribution is -2.40. The minimum atomic E-state index is -1.10. The Bertz CT molecular complexity index is 1770. The molecule has 3 aromatic carbocycles. The van der Waals surface area contributed by atoms with Crippen LogP contribution in [0.5, 0.6) is 23.0 Å². The summed E-state index contributed by atoms with van der Waals surface area (Å²) in [5.41, 5.74) is 3.85. The number of benzene rings is 3. The monoisotopic (exact) mass is 648 g/mol. The molecule has 0 radical (unpaired) electrons. The molecule has 1 N–H and O–H groups in total. The second-order valence-corrected chi connectivity index (χ2v) is 14.2. The van der Waals surface area contributed by atoms with Gasteiger partial charge in [-0.3, -0.25) is 4.79 Å². The number of hydrogen-bond acceptors (Lipinski definition) is 8. The van der Waals surface area contributed by atoms with Crippen LogP contribution in [0.25, 0.3) is 10.4 Å². The van der Waals surface area contributed by atoms with E-state index in [0.29, 0.717) is 0 Å². The molecular weight excluding hydrogens is 612 g/mol. The van der Waals surface area contributed by atoms with E-state index in [1.54, 1.807) is 0 Å². The van der Waals surface area contributed by atoms with Crippen molar-refractivity contribution in [1.82, 2.24) is 0 Å². The Morgan fingerprint density at radius 3 is 1.74 bits per heavy atom. The summed E-state index contributed by atoms with van der Waals surface area (Å²) in [6.07, 6.45) is 10.6. The molecule has 4 aromatic rings. The lowest BCUT2D eigenvalue weighted by molar-refractivity contribution is -0.139. The third-order valence-corrected chi connectivity index (χ3v) is 10.9. The lowest BCUT2D eigenvalue weighted by Gasteiger charge is -2.31. The first-order valence-corrected chi connectivity index (χ1v) is 17.4. The molecule has 8 nitrogen and oxygen atoms in total. The van der Waals surface area contributed by atoms with Gasteiger partial charge in [0, 0.05) is 59.7 Å². The molecule has 0 bridgehead atoms. The molecule has 2 fully saturated rings. The first-order valence-electron chi connectivity index (χ1n) is 16.6. The molecule has 1 atom stereocenters. The Morgan fingerprint density at radius 2 is 1.23 bits per heavy atom. The van der Waals surface area contributed by atoms with Crippen LogP contribution in [0, 0.1) is 17.2 Å². The number of carbonyl (C=O) groups is 1. The van der Waals surface area contributed by atoms with Gasteiger partial charge in [-0.05, 0) is 79.8 Å². The van der Waals surface area contributed by atoms with E-state index in [-0.39, 0.29) is 6.42 Å². The SMILES string of the molecule is N#CC(Cc1ccc(-c2ccc(N(c3ccc4c(c3)OC3(CCCCC3)O4)c3ccc4c(c3)OC3(CCCCC3)O4)cc2)s1)C(=O)O. The van der Waals surface area contributed by atoms with Gasteiger partial charge in [-0.1, -0.05) is 25.0 Å². The summed E-state index contributed by atoms with van der Waals surface area (Å²) in [7, 11) is 0. The van der Waals surface area contributed by atoms with E-state index < -0.39 is 23.5 Å². The van der Waals surface area contributed by atoms with Crippen LogP contribution in [0.2, 0.25) is 0 Å². The third kappa shape index (κ3) is 5.65. The van der Waals surface area contributed by atoms with Crippen molar-refractivity contribution in [1.29, 1.82) is 5.26 Å². The van der Waals surface area contributed by atoms with Crippen LogP contribution in [0.15, 0.2) is 72.8 Å². The van der Waals surface area contributed by atoms with Crippen molar-refractivity contribution in [3.05, 3.63) is 77.7 Å². The van der Waals surface area contributed by atoms with E-state index in [9.17, 15) is 15.2 Å². The van der Waals surface area contributed by atoms with Crippen molar-refractivity contribution in [3.63, 3.8) is 0 Å². The minimum Gasteiger partial charge on any atom is -0.480 e. The van der Waals surface area contributed by atoms with E-state index >= 15 is 0 Å². The van der Waals surface area contributed by atoms with Crippen LogP contribution < -0.4 is 23.8 Å². The normalized spacial score (nSPS) is 19.0. The molecule has 8 rings (SSSR count). The summed E-state index contributed by atoms with van der Waals surface area (Å²) in [6.45, 7) is 0. The zero-order chi connectivity index (χ0) is 32.0. The molecule has 1 aromatic heterocycles. The predicted molar refractivity (Wildman–Crippen MR) is 179 cm³/mol. The van der Waals surface area contributed by atoms with Crippen molar-refractivity contribution in [2.75, 3.05) is 4.90 Å². The Kier molecular flexibility index (Phi) is 7.48. The summed E-state index contributed by atoms with van der Waals surface area (Å²) in [4.78, 5) is 15.5. The fourth-order valence-corrected chi connectivity index (χ4v) is 8.34. The molecule has 4 aliphatic rings.